The average molecular weight is 456 g/mol. The minimum Gasteiger partial charge on any atom is -0.483 e. The zero-order valence-corrected chi connectivity index (χ0v) is 18.6. The van der Waals surface area contributed by atoms with Crippen LogP contribution < -0.4 is 20.1 Å². The molecule has 0 spiro atoms. The van der Waals surface area contributed by atoms with E-state index in [9.17, 15) is 9.59 Å². The van der Waals surface area contributed by atoms with Gasteiger partial charge in [0.1, 0.15) is 0 Å². The molecule has 1 saturated heterocycles. The second-order valence-electron chi connectivity index (χ2n) is 8.12. The number of nitrogens with zero attached hydrogens (tertiary/aromatic N) is 2. The molecule has 1 unspecified atom stereocenters. The third kappa shape index (κ3) is 6.58. The van der Waals surface area contributed by atoms with Gasteiger partial charge in [0.25, 0.3) is 12.4 Å². The number of hydrogen-bond donors (Lipinski definition) is 3. The van der Waals surface area contributed by atoms with Crippen molar-refractivity contribution in [3.8, 4) is 11.5 Å². The van der Waals surface area contributed by atoms with Gasteiger partial charge in [0, 0.05) is 43.3 Å². The van der Waals surface area contributed by atoms with E-state index in [0.717, 1.165) is 18.4 Å². The molecule has 10 nitrogen and oxygen atoms in total. The van der Waals surface area contributed by atoms with Crippen molar-refractivity contribution in [1.82, 2.24) is 15.2 Å². The second-order valence-corrected chi connectivity index (χ2v) is 8.12. The van der Waals surface area contributed by atoms with Crippen LogP contribution in [-0.2, 0) is 11.2 Å². The number of urea groups is 1. The number of hydrogen-bond acceptors (Lipinski definition) is 6. The van der Waals surface area contributed by atoms with E-state index in [1.165, 1.54) is 0 Å². The Morgan fingerprint density at radius 1 is 1.24 bits per heavy atom. The van der Waals surface area contributed by atoms with E-state index in [0.29, 0.717) is 41.8 Å². The number of pyridine rings is 1. The molecule has 0 aliphatic carbocycles. The van der Waals surface area contributed by atoms with E-state index in [1.54, 1.807) is 30.6 Å². The molecular weight excluding hydrogens is 428 g/mol. The number of ether oxygens (including phenoxy) is 2. The Bertz CT molecular complexity index is 997. The quantitative estimate of drug-likeness (QED) is 0.590. The first-order chi connectivity index (χ1) is 15.9. The number of nitrogens with one attached hydrogen (secondary N) is 2. The van der Waals surface area contributed by atoms with Gasteiger partial charge in [-0.2, -0.15) is 0 Å². The lowest BCUT2D eigenvalue weighted by atomic mass is 9.99. The lowest BCUT2D eigenvalue weighted by molar-refractivity contribution is -0.122. The number of rotatable bonds is 5. The predicted molar refractivity (Wildman–Crippen MR) is 120 cm³/mol. The molecule has 0 saturated carbocycles. The van der Waals surface area contributed by atoms with Crippen LogP contribution in [0.5, 0.6) is 11.5 Å². The Kier molecular flexibility index (Phi) is 8.06. The molecule has 10 heteroatoms. The number of benzene rings is 1. The van der Waals surface area contributed by atoms with Gasteiger partial charge >= 0.3 is 6.03 Å². The molecule has 1 fully saturated rings. The SMILES string of the molecule is CC(C)NC(=O)c1cncc(CC2CCN(C(=O)Nc3ccc4c(c3)OCO4)C2)c1.O=CO. The maximum Gasteiger partial charge on any atom is 0.321 e. The molecule has 1 atom stereocenters. The van der Waals surface area contributed by atoms with Crippen molar-refractivity contribution in [2.75, 3.05) is 25.2 Å². The Morgan fingerprint density at radius 3 is 2.76 bits per heavy atom. The van der Waals surface area contributed by atoms with Crippen LogP contribution in [0.25, 0.3) is 0 Å². The molecule has 2 aliphatic heterocycles. The Balaban J connectivity index is 0.000000968. The van der Waals surface area contributed by atoms with Crippen LogP contribution in [0, 0.1) is 5.92 Å². The van der Waals surface area contributed by atoms with Crippen LogP contribution >= 0.6 is 0 Å². The molecular formula is C23H28N4O6. The van der Waals surface area contributed by atoms with Crippen molar-refractivity contribution < 1.29 is 29.0 Å². The monoisotopic (exact) mass is 456 g/mol. The van der Waals surface area contributed by atoms with E-state index >= 15 is 0 Å². The first-order valence-corrected chi connectivity index (χ1v) is 10.7. The lowest BCUT2D eigenvalue weighted by Crippen LogP contribution is -2.33. The summed E-state index contributed by atoms with van der Waals surface area (Å²) in [6, 6.07) is 7.21. The van der Waals surface area contributed by atoms with Gasteiger partial charge in [0.15, 0.2) is 11.5 Å². The number of fused-ring (bicyclic) bond motifs is 1. The Labute approximate surface area is 191 Å². The van der Waals surface area contributed by atoms with E-state index in [2.05, 4.69) is 15.6 Å². The number of amides is 3. The van der Waals surface area contributed by atoms with Gasteiger partial charge in [-0.3, -0.25) is 14.6 Å². The van der Waals surface area contributed by atoms with Gasteiger partial charge in [-0.1, -0.05) is 0 Å². The largest absolute Gasteiger partial charge is 0.483 e. The van der Waals surface area contributed by atoms with Crippen molar-refractivity contribution in [3.63, 3.8) is 0 Å². The fraction of sp³-hybridized carbons (Fsp3) is 0.391. The molecule has 3 amide bonds. The molecule has 2 aromatic rings. The predicted octanol–water partition coefficient (Wildman–Crippen LogP) is 2.75. The van der Waals surface area contributed by atoms with Crippen LogP contribution in [-0.4, -0.2) is 59.3 Å². The molecule has 176 valence electrons. The second kappa shape index (κ2) is 11.2. The number of carbonyl (C=O) groups is 3. The van der Waals surface area contributed by atoms with Crippen LogP contribution in [0.1, 0.15) is 36.2 Å². The van der Waals surface area contributed by atoms with Crippen LogP contribution in [0.3, 0.4) is 0 Å². The fourth-order valence-electron chi connectivity index (χ4n) is 3.76. The first kappa shape index (κ1) is 23.8. The van der Waals surface area contributed by atoms with E-state index in [1.807, 2.05) is 24.8 Å². The van der Waals surface area contributed by atoms with Crippen LogP contribution in [0.2, 0.25) is 0 Å². The maximum absolute atomic E-state index is 12.6. The van der Waals surface area contributed by atoms with Gasteiger partial charge in [-0.15, -0.1) is 0 Å². The number of carbonyl (C=O) groups excluding carboxylic acids is 2. The zero-order valence-electron chi connectivity index (χ0n) is 18.6. The third-order valence-electron chi connectivity index (χ3n) is 5.20. The minimum atomic E-state index is -0.250. The average Bonchev–Trinajstić information content (AvgIpc) is 3.43. The normalized spacial score (nSPS) is 16.1. The standard InChI is InChI=1S/C22H26N4O4.CH2O2/c1-14(2)24-21(27)17-8-16(10-23-11-17)7-15-5-6-26(12-15)22(28)25-18-3-4-19-20(9-18)30-13-29-19;2-1-3/h3-4,8-11,14-15H,5-7,12-13H2,1-2H3,(H,24,27)(H,25,28);1H,(H,2,3). The summed E-state index contributed by atoms with van der Waals surface area (Å²) in [5.41, 5.74) is 2.26. The van der Waals surface area contributed by atoms with Crippen LogP contribution in [0.4, 0.5) is 10.5 Å². The van der Waals surface area contributed by atoms with Gasteiger partial charge in [-0.25, -0.2) is 4.79 Å². The molecule has 0 bridgehead atoms. The van der Waals surface area contributed by atoms with Crippen LogP contribution in [0.15, 0.2) is 36.7 Å². The van der Waals surface area contributed by atoms with Gasteiger partial charge in [0.05, 0.1) is 5.56 Å². The van der Waals surface area contributed by atoms with Gasteiger partial charge < -0.3 is 30.1 Å². The third-order valence-corrected chi connectivity index (χ3v) is 5.20. The number of aromatic nitrogens is 1. The summed E-state index contributed by atoms with van der Waals surface area (Å²) in [7, 11) is 0. The van der Waals surface area contributed by atoms with Crippen molar-refractivity contribution in [2.45, 2.75) is 32.7 Å². The Morgan fingerprint density at radius 2 is 2.00 bits per heavy atom. The lowest BCUT2D eigenvalue weighted by Gasteiger charge is -2.18. The highest BCUT2D eigenvalue weighted by molar-refractivity contribution is 5.94. The number of anilines is 1. The van der Waals surface area contributed by atoms with E-state index < -0.39 is 0 Å². The summed E-state index contributed by atoms with van der Waals surface area (Å²) in [6.45, 7) is 5.17. The molecule has 1 aromatic heterocycles. The molecule has 3 heterocycles. The molecule has 33 heavy (non-hydrogen) atoms. The molecule has 0 radical (unpaired) electrons. The summed E-state index contributed by atoms with van der Waals surface area (Å²) >= 11 is 0. The fourth-order valence-corrected chi connectivity index (χ4v) is 3.76. The Hall–Kier alpha value is -3.82. The van der Waals surface area contributed by atoms with Crippen molar-refractivity contribution in [3.05, 3.63) is 47.8 Å². The van der Waals surface area contributed by atoms with Gasteiger partial charge in [0.2, 0.25) is 6.79 Å². The number of likely N-dealkylation sites (tertiary alicyclic amines) is 1. The first-order valence-electron chi connectivity index (χ1n) is 10.7. The summed E-state index contributed by atoms with van der Waals surface area (Å²) < 4.78 is 10.7. The summed E-state index contributed by atoms with van der Waals surface area (Å²) in [5, 5.41) is 12.7. The molecule has 3 N–H and O–H groups in total. The maximum atomic E-state index is 12.6. The van der Waals surface area contributed by atoms with E-state index in [4.69, 9.17) is 19.4 Å². The van der Waals surface area contributed by atoms with Gasteiger partial charge in [-0.05, 0) is 56.4 Å². The van der Waals surface area contributed by atoms with Crippen molar-refractivity contribution >= 4 is 24.1 Å². The highest BCUT2D eigenvalue weighted by Crippen LogP contribution is 2.34. The summed E-state index contributed by atoms with van der Waals surface area (Å²) in [4.78, 5) is 39.2. The van der Waals surface area contributed by atoms with Crippen molar-refractivity contribution in [2.24, 2.45) is 5.92 Å². The summed E-state index contributed by atoms with van der Waals surface area (Å²) in [6.07, 6.45) is 5.07. The molecule has 1 aromatic carbocycles. The topological polar surface area (TPSA) is 130 Å². The smallest absolute Gasteiger partial charge is 0.321 e. The summed E-state index contributed by atoms with van der Waals surface area (Å²) in [5.74, 6) is 1.54. The number of carboxylic acid groups (broad SMARTS) is 1. The molecule has 4 rings (SSSR count). The highest BCUT2D eigenvalue weighted by Gasteiger charge is 2.27. The zero-order chi connectivity index (χ0) is 23.8. The van der Waals surface area contributed by atoms with E-state index in [-0.39, 0.29) is 31.2 Å². The highest BCUT2D eigenvalue weighted by atomic mass is 16.7. The van der Waals surface area contributed by atoms with Crippen molar-refractivity contribution in [1.29, 1.82) is 0 Å². The molecule has 2 aliphatic rings. The minimum absolute atomic E-state index is 0.0767.